The molecule has 0 unspecified atom stereocenters. The molecule has 0 aromatic heterocycles. The Morgan fingerprint density at radius 2 is 2.00 bits per heavy atom. The van der Waals surface area contributed by atoms with Crippen molar-refractivity contribution in [3.05, 3.63) is 11.4 Å². The minimum absolute atomic E-state index is 0.277. The van der Waals surface area contributed by atoms with E-state index in [2.05, 4.69) is 9.24 Å². The molecule has 1 rings (SSSR count). The molecular weight excluding hydrogens is 196 g/mol. The summed E-state index contributed by atoms with van der Waals surface area (Å²) in [5, 5.41) is 0. The Labute approximate surface area is 88.0 Å². The largest absolute Gasteiger partial charge is 0.310 e. The van der Waals surface area contributed by atoms with Crippen molar-refractivity contribution < 1.29 is 4.21 Å². The normalized spacial score (nSPS) is 28.9. The van der Waals surface area contributed by atoms with Crippen molar-refractivity contribution >= 4 is 16.7 Å². The van der Waals surface area contributed by atoms with Crippen LogP contribution in [0.3, 0.4) is 0 Å². The van der Waals surface area contributed by atoms with Crippen LogP contribution < -0.4 is 0 Å². The molecule has 0 spiro atoms. The second kappa shape index (κ2) is 3.47. The van der Waals surface area contributed by atoms with Gasteiger partial charge in [0.05, 0.1) is 17.6 Å². The topological polar surface area (TPSA) is 33.8 Å². The second-order valence-electron chi connectivity index (χ2n) is 4.98. The fourth-order valence-electron chi connectivity index (χ4n) is 1.23. The predicted molar refractivity (Wildman–Crippen MR) is 59.6 cm³/mol. The van der Waals surface area contributed by atoms with Crippen molar-refractivity contribution in [1.29, 1.82) is 0 Å². The Kier molecular flexibility index (Phi) is 2.82. The summed E-state index contributed by atoms with van der Waals surface area (Å²) in [5.74, 6) is 0. The van der Waals surface area contributed by atoms with Crippen LogP contribution in [0.15, 0.2) is 4.40 Å². The van der Waals surface area contributed by atoms with E-state index in [4.69, 9.17) is 6.57 Å². The molecule has 1 aliphatic rings. The third-order valence-electron chi connectivity index (χ3n) is 2.18. The van der Waals surface area contributed by atoms with Gasteiger partial charge in [-0.05, 0) is 20.8 Å². The molecule has 0 aromatic carbocycles. The van der Waals surface area contributed by atoms with E-state index >= 15 is 0 Å². The van der Waals surface area contributed by atoms with Gasteiger partial charge in [-0.3, -0.25) is 0 Å². The van der Waals surface area contributed by atoms with E-state index in [-0.39, 0.29) is 10.3 Å². The average Bonchev–Trinajstić information content (AvgIpc) is 1.99. The molecule has 1 aliphatic carbocycles. The van der Waals surface area contributed by atoms with Gasteiger partial charge in [-0.1, -0.05) is 0 Å². The zero-order valence-electron chi connectivity index (χ0n) is 9.13. The van der Waals surface area contributed by atoms with Crippen LogP contribution in [0.5, 0.6) is 0 Å². The van der Waals surface area contributed by atoms with Crippen molar-refractivity contribution in [2.45, 2.75) is 50.8 Å². The highest BCUT2D eigenvalue weighted by Crippen LogP contribution is 2.33. The maximum atomic E-state index is 11.6. The Morgan fingerprint density at radius 3 is 2.36 bits per heavy atom. The number of hydrogen-bond donors (Lipinski definition) is 0. The fourth-order valence-corrected chi connectivity index (χ4v) is 1.86. The highest BCUT2D eigenvalue weighted by Gasteiger charge is 2.44. The van der Waals surface area contributed by atoms with Crippen LogP contribution in [0.25, 0.3) is 4.85 Å². The standard InChI is InChI=1S/C10H16N2OS/c1-9(2,3)14(13)12-8-6-10(4,7-8)11-5/h6-7H2,1-4H3/t10?,14-/m1/s1. The smallest absolute Gasteiger partial charge is 0.240 e. The Hall–Kier alpha value is -0.690. The molecule has 0 heterocycles. The van der Waals surface area contributed by atoms with Crippen molar-refractivity contribution in [2.75, 3.05) is 0 Å². The zero-order valence-corrected chi connectivity index (χ0v) is 9.94. The molecule has 0 radical (unpaired) electrons. The maximum Gasteiger partial charge on any atom is 0.240 e. The maximum absolute atomic E-state index is 11.6. The van der Waals surface area contributed by atoms with Crippen LogP contribution in [-0.2, 0) is 11.0 Å². The van der Waals surface area contributed by atoms with Gasteiger partial charge in [0.2, 0.25) is 5.54 Å². The predicted octanol–water partition coefficient (Wildman–Crippen LogP) is 2.36. The molecule has 0 aliphatic heterocycles. The molecule has 3 nitrogen and oxygen atoms in total. The van der Waals surface area contributed by atoms with Gasteiger partial charge in [0.15, 0.2) is 0 Å². The van der Waals surface area contributed by atoms with Crippen LogP contribution in [0.2, 0.25) is 0 Å². The van der Waals surface area contributed by atoms with Gasteiger partial charge in [0, 0.05) is 12.6 Å². The minimum Gasteiger partial charge on any atom is -0.310 e. The molecular formula is C10H16N2OS. The quantitative estimate of drug-likeness (QED) is 0.614. The van der Waals surface area contributed by atoms with Crippen LogP contribution in [0.1, 0.15) is 40.5 Å². The third-order valence-corrected chi connectivity index (χ3v) is 3.65. The van der Waals surface area contributed by atoms with E-state index < -0.39 is 11.0 Å². The highest BCUT2D eigenvalue weighted by atomic mass is 32.2. The summed E-state index contributed by atoms with van der Waals surface area (Å²) in [4.78, 5) is 3.52. The Balaban J connectivity index is 2.61. The van der Waals surface area contributed by atoms with Gasteiger partial charge < -0.3 is 4.85 Å². The zero-order chi connectivity index (χ0) is 11.0. The molecule has 1 fully saturated rings. The molecule has 78 valence electrons. The summed E-state index contributed by atoms with van der Waals surface area (Å²) in [7, 11) is -1.17. The van der Waals surface area contributed by atoms with E-state index in [1.54, 1.807) is 0 Å². The van der Waals surface area contributed by atoms with Crippen LogP contribution >= 0.6 is 0 Å². The van der Waals surface area contributed by atoms with Crippen molar-refractivity contribution in [2.24, 2.45) is 4.40 Å². The molecule has 0 N–H and O–H groups in total. The lowest BCUT2D eigenvalue weighted by Crippen LogP contribution is -2.39. The average molecular weight is 212 g/mol. The van der Waals surface area contributed by atoms with Crippen molar-refractivity contribution in [1.82, 2.24) is 0 Å². The number of nitrogens with zero attached hydrogens (tertiary/aromatic N) is 2. The van der Waals surface area contributed by atoms with Gasteiger partial charge in [-0.2, -0.15) is 4.40 Å². The monoisotopic (exact) mass is 212 g/mol. The summed E-state index contributed by atoms with van der Waals surface area (Å²) < 4.78 is 15.5. The summed E-state index contributed by atoms with van der Waals surface area (Å²) in [6.07, 6.45) is 1.36. The third kappa shape index (κ3) is 2.42. The van der Waals surface area contributed by atoms with Crippen LogP contribution in [0, 0.1) is 6.57 Å². The van der Waals surface area contributed by atoms with Crippen LogP contribution in [0.4, 0.5) is 0 Å². The van der Waals surface area contributed by atoms with Crippen LogP contribution in [-0.4, -0.2) is 20.2 Å². The first-order valence-electron chi connectivity index (χ1n) is 4.64. The Bertz CT molecular complexity index is 325. The summed E-state index contributed by atoms with van der Waals surface area (Å²) in [5.41, 5.74) is 0.651. The molecule has 14 heavy (non-hydrogen) atoms. The highest BCUT2D eigenvalue weighted by molar-refractivity contribution is 7.85. The van der Waals surface area contributed by atoms with E-state index in [1.165, 1.54) is 0 Å². The first-order valence-corrected chi connectivity index (χ1v) is 5.75. The SMILES string of the molecule is [C-]#[N+]C1(C)CC(=N[S@](=O)C(C)(C)C)C1. The lowest BCUT2D eigenvalue weighted by atomic mass is 9.77. The second-order valence-corrected chi connectivity index (χ2v) is 6.89. The molecule has 0 bridgehead atoms. The minimum atomic E-state index is -1.17. The molecule has 1 atom stereocenters. The fraction of sp³-hybridized carbons (Fsp3) is 0.800. The first kappa shape index (κ1) is 11.4. The summed E-state index contributed by atoms with van der Waals surface area (Å²) in [6, 6.07) is 0. The van der Waals surface area contributed by atoms with Gasteiger partial charge in [0.25, 0.3) is 0 Å². The lowest BCUT2D eigenvalue weighted by molar-refractivity contribution is 0.525. The summed E-state index contributed by atoms with van der Waals surface area (Å²) >= 11 is 0. The van der Waals surface area contributed by atoms with E-state index in [0.717, 1.165) is 5.71 Å². The molecule has 1 saturated carbocycles. The molecule has 0 saturated heterocycles. The number of hydrogen-bond acceptors (Lipinski definition) is 1. The number of rotatable bonds is 1. The van der Waals surface area contributed by atoms with E-state index in [1.807, 2.05) is 27.7 Å². The van der Waals surface area contributed by atoms with Gasteiger partial charge in [-0.25, -0.2) is 10.8 Å². The van der Waals surface area contributed by atoms with Gasteiger partial charge in [0.1, 0.15) is 11.0 Å². The van der Waals surface area contributed by atoms with Gasteiger partial charge in [-0.15, -0.1) is 0 Å². The molecule has 4 heteroatoms. The van der Waals surface area contributed by atoms with Crippen molar-refractivity contribution in [3.63, 3.8) is 0 Å². The van der Waals surface area contributed by atoms with E-state index in [0.29, 0.717) is 12.8 Å². The lowest BCUT2D eigenvalue weighted by Gasteiger charge is -2.28. The Morgan fingerprint density at radius 1 is 1.50 bits per heavy atom. The van der Waals surface area contributed by atoms with Crippen molar-refractivity contribution in [3.8, 4) is 0 Å². The first-order chi connectivity index (χ1) is 6.27. The van der Waals surface area contributed by atoms with Gasteiger partial charge >= 0.3 is 0 Å². The van der Waals surface area contributed by atoms with E-state index in [9.17, 15) is 4.21 Å². The summed E-state index contributed by atoms with van der Waals surface area (Å²) in [6.45, 7) is 14.6. The molecule has 0 amide bonds. The molecule has 0 aromatic rings.